The van der Waals surface area contributed by atoms with Gasteiger partial charge in [-0.3, -0.25) is 4.90 Å². The Morgan fingerprint density at radius 2 is 1.95 bits per heavy atom. The summed E-state index contributed by atoms with van der Waals surface area (Å²) in [7, 11) is 0. The van der Waals surface area contributed by atoms with E-state index in [2.05, 4.69) is 24.1 Å². The molecule has 0 saturated carbocycles. The average Bonchev–Trinajstić information content (AvgIpc) is 2.38. The maximum absolute atomic E-state index is 6.30. The lowest BCUT2D eigenvalue weighted by Gasteiger charge is -2.28. The van der Waals surface area contributed by atoms with Crippen LogP contribution in [0.4, 0.5) is 0 Å². The van der Waals surface area contributed by atoms with Crippen LogP contribution in [0.1, 0.15) is 19.4 Å². The van der Waals surface area contributed by atoms with Crippen LogP contribution in [-0.2, 0) is 6.54 Å². The number of hydrogen-bond donors (Lipinski definition) is 1. The molecule has 1 saturated heterocycles. The van der Waals surface area contributed by atoms with Crippen molar-refractivity contribution >= 4 is 23.2 Å². The van der Waals surface area contributed by atoms with Gasteiger partial charge in [0.15, 0.2) is 0 Å². The molecule has 5 heteroatoms. The van der Waals surface area contributed by atoms with Gasteiger partial charge in [-0.05, 0) is 18.1 Å². The molecule has 1 fully saturated rings. The molecule has 0 atom stereocenters. The summed E-state index contributed by atoms with van der Waals surface area (Å²) >= 11 is 12.4. The lowest BCUT2D eigenvalue weighted by atomic mass is 10.1. The highest BCUT2D eigenvalue weighted by molar-refractivity contribution is 6.35. The van der Waals surface area contributed by atoms with Crippen LogP contribution in [-0.4, -0.2) is 37.7 Å². The van der Waals surface area contributed by atoms with Crippen molar-refractivity contribution < 1.29 is 4.74 Å². The highest BCUT2D eigenvalue weighted by Gasteiger charge is 2.16. The summed E-state index contributed by atoms with van der Waals surface area (Å²) in [6.45, 7) is 9.86. The molecule has 0 amide bonds. The monoisotopic (exact) mass is 316 g/mol. The Morgan fingerprint density at radius 3 is 2.60 bits per heavy atom. The second-order valence-corrected chi connectivity index (χ2v) is 6.45. The third-order valence-corrected chi connectivity index (χ3v) is 3.75. The van der Waals surface area contributed by atoms with Crippen LogP contribution in [0.5, 0.6) is 5.75 Å². The zero-order chi connectivity index (χ0) is 14.5. The van der Waals surface area contributed by atoms with Gasteiger partial charge in [-0.2, -0.15) is 0 Å². The SMILES string of the molecule is CC(C)COc1c(Cl)cc(Cl)cc1CN1CCNCC1. The summed E-state index contributed by atoms with van der Waals surface area (Å²) < 4.78 is 5.89. The number of nitrogens with one attached hydrogen (secondary N) is 1. The fourth-order valence-electron chi connectivity index (χ4n) is 2.25. The quantitative estimate of drug-likeness (QED) is 0.900. The molecule has 1 aromatic rings. The first kappa shape index (κ1) is 15.9. The van der Waals surface area contributed by atoms with E-state index in [1.54, 1.807) is 6.07 Å². The fourth-order valence-corrected chi connectivity index (χ4v) is 2.84. The van der Waals surface area contributed by atoms with Gasteiger partial charge in [0.1, 0.15) is 5.75 Å². The summed E-state index contributed by atoms with van der Waals surface area (Å²) in [5, 5.41) is 4.62. The van der Waals surface area contributed by atoms with Gasteiger partial charge in [0, 0.05) is 43.3 Å². The molecule has 1 N–H and O–H groups in total. The van der Waals surface area contributed by atoms with E-state index >= 15 is 0 Å². The minimum Gasteiger partial charge on any atom is -0.491 e. The maximum Gasteiger partial charge on any atom is 0.142 e. The van der Waals surface area contributed by atoms with E-state index < -0.39 is 0 Å². The highest BCUT2D eigenvalue weighted by Crippen LogP contribution is 2.33. The normalized spacial score (nSPS) is 16.6. The van der Waals surface area contributed by atoms with Gasteiger partial charge in [0.25, 0.3) is 0 Å². The number of nitrogens with zero attached hydrogens (tertiary/aromatic N) is 1. The van der Waals surface area contributed by atoms with E-state index in [1.807, 2.05) is 6.07 Å². The van der Waals surface area contributed by atoms with E-state index in [-0.39, 0.29) is 0 Å². The van der Waals surface area contributed by atoms with Crippen LogP contribution in [0.15, 0.2) is 12.1 Å². The summed E-state index contributed by atoms with van der Waals surface area (Å²) in [6, 6.07) is 3.71. The second-order valence-electron chi connectivity index (χ2n) is 5.61. The molecular formula is C15H22Cl2N2O. The topological polar surface area (TPSA) is 24.5 Å². The van der Waals surface area contributed by atoms with Crippen LogP contribution in [0, 0.1) is 5.92 Å². The van der Waals surface area contributed by atoms with Crippen LogP contribution in [0.25, 0.3) is 0 Å². The lowest BCUT2D eigenvalue weighted by Crippen LogP contribution is -2.42. The summed E-state index contributed by atoms with van der Waals surface area (Å²) in [4.78, 5) is 2.39. The van der Waals surface area contributed by atoms with Crippen molar-refractivity contribution in [1.82, 2.24) is 10.2 Å². The number of piperazine rings is 1. The van der Waals surface area contributed by atoms with Crippen molar-refractivity contribution in [2.24, 2.45) is 5.92 Å². The molecule has 1 heterocycles. The first-order valence-electron chi connectivity index (χ1n) is 7.10. The molecule has 20 heavy (non-hydrogen) atoms. The predicted octanol–water partition coefficient (Wildman–Crippen LogP) is 3.43. The number of benzene rings is 1. The summed E-state index contributed by atoms with van der Waals surface area (Å²) in [5.41, 5.74) is 1.07. The molecule has 112 valence electrons. The Kier molecular flexibility index (Phi) is 5.97. The first-order valence-corrected chi connectivity index (χ1v) is 7.85. The van der Waals surface area contributed by atoms with Gasteiger partial charge in [-0.25, -0.2) is 0 Å². The Bertz CT molecular complexity index is 446. The average molecular weight is 317 g/mol. The number of rotatable bonds is 5. The smallest absolute Gasteiger partial charge is 0.142 e. The Morgan fingerprint density at radius 1 is 1.25 bits per heavy atom. The van der Waals surface area contributed by atoms with Crippen LogP contribution >= 0.6 is 23.2 Å². The van der Waals surface area contributed by atoms with Gasteiger partial charge in [0.2, 0.25) is 0 Å². The molecule has 1 aliphatic heterocycles. The third kappa shape index (κ3) is 4.52. The van der Waals surface area contributed by atoms with Crippen LogP contribution in [0.3, 0.4) is 0 Å². The van der Waals surface area contributed by atoms with Gasteiger partial charge in [-0.1, -0.05) is 37.0 Å². The molecule has 2 rings (SSSR count). The maximum atomic E-state index is 6.30. The zero-order valence-electron chi connectivity index (χ0n) is 12.1. The van der Waals surface area contributed by atoms with Crippen LogP contribution < -0.4 is 10.1 Å². The summed E-state index contributed by atoms with van der Waals surface area (Å²) in [5.74, 6) is 1.25. The van der Waals surface area contributed by atoms with Crippen LogP contribution in [0.2, 0.25) is 10.0 Å². The van der Waals surface area contributed by atoms with Crippen molar-refractivity contribution in [2.75, 3.05) is 32.8 Å². The molecule has 1 aromatic carbocycles. The molecule has 0 spiro atoms. The Balaban J connectivity index is 2.15. The van der Waals surface area contributed by atoms with E-state index in [0.717, 1.165) is 44.0 Å². The molecule has 3 nitrogen and oxygen atoms in total. The van der Waals surface area contributed by atoms with Gasteiger partial charge < -0.3 is 10.1 Å². The molecular weight excluding hydrogens is 295 g/mol. The van der Waals surface area contributed by atoms with Crippen molar-refractivity contribution in [2.45, 2.75) is 20.4 Å². The van der Waals surface area contributed by atoms with Gasteiger partial charge >= 0.3 is 0 Å². The molecule has 0 aromatic heterocycles. The minimum absolute atomic E-state index is 0.466. The van der Waals surface area contributed by atoms with Crippen molar-refractivity contribution in [1.29, 1.82) is 0 Å². The minimum atomic E-state index is 0.466. The molecule has 0 bridgehead atoms. The zero-order valence-corrected chi connectivity index (χ0v) is 13.6. The van der Waals surface area contributed by atoms with E-state index in [0.29, 0.717) is 22.6 Å². The van der Waals surface area contributed by atoms with Gasteiger partial charge in [0.05, 0.1) is 11.6 Å². The van der Waals surface area contributed by atoms with E-state index in [9.17, 15) is 0 Å². The first-order chi connectivity index (χ1) is 9.56. The fraction of sp³-hybridized carbons (Fsp3) is 0.600. The van der Waals surface area contributed by atoms with Crippen molar-refractivity contribution in [3.63, 3.8) is 0 Å². The van der Waals surface area contributed by atoms with E-state index in [4.69, 9.17) is 27.9 Å². The standard InChI is InChI=1S/C15H22Cl2N2O/c1-11(2)10-20-15-12(7-13(16)8-14(15)17)9-19-5-3-18-4-6-19/h7-8,11,18H,3-6,9-10H2,1-2H3. The number of hydrogen-bond acceptors (Lipinski definition) is 3. The summed E-state index contributed by atoms with van der Waals surface area (Å²) in [6.07, 6.45) is 0. The lowest BCUT2D eigenvalue weighted by molar-refractivity contribution is 0.223. The highest BCUT2D eigenvalue weighted by atomic mass is 35.5. The third-order valence-electron chi connectivity index (χ3n) is 3.25. The van der Waals surface area contributed by atoms with Crippen molar-refractivity contribution in [3.05, 3.63) is 27.7 Å². The Labute approximate surface area is 131 Å². The van der Waals surface area contributed by atoms with Gasteiger partial charge in [-0.15, -0.1) is 0 Å². The number of ether oxygens (including phenoxy) is 1. The van der Waals surface area contributed by atoms with E-state index in [1.165, 1.54) is 0 Å². The number of halogens is 2. The second kappa shape index (κ2) is 7.51. The largest absolute Gasteiger partial charge is 0.491 e. The Hall–Kier alpha value is -0.480. The predicted molar refractivity (Wildman–Crippen MR) is 84.9 cm³/mol. The molecule has 1 aliphatic rings. The molecule has 0 unspecified atom stereocenters. The van der Waals surface area contributed by atoms with Crippen molar-refractivity contribution in [3.8, 4) is 5.75 Å². The molecule has 0 radical (unpaired) electrons. The molecule has 0 aliphatic carbocycles.